The highest BCUT2D eigenvalue weighted by Crippen LogP contribution is 2.32. The smallest absolute Gasteiger partial charge is 0.341 e. The van der Waals surface area contributed by atoms with Gasteiger partial charge in [-0.1, -0.05) is 48.5 Å². The number of halogens is 2. The summed E-state index contributed by atoms with van der Waals surface area (Å²) in [5.74, 6) is -0.0747. The molecule has 0 radical (unpaired) electrons. The average Bonchev–Trinajstić information content (AvgIpc) is 2.72. The highest BCUT2D eigenvalue weighted by molar-refractivity contribution is 9.10. The van der Waals surface area contributed by atoms with E-state index < -0.39 is 5.97 Å². The van der Waals surface area contributed by atoms with Gasteiger partial charge in [0.15, 0.2) is 6.61 Å². The molecule has 3 nitrogen and oxygen atoms in total. The maximum Gasteiger partial charge on any atom is 0.341 e. The molecule has 0 aromatic heterocycles. The fourth-order valence-corrected chi connectivity index (χ4v) is 4.19. The average molecular weight is 473 g/mol. The molecule has 3 aromatic carbocycles. The number of hydrogen-bond donors (Lipinski definition) is 1. The van der Waals surface area contributed by atoms with E-state index in [1.54, 1.807) is 36.0 Å². The van der Waals surface area contributed by atoms with E-state index in [4.69, 9.17) is 9.84 Å². The van der Waals surface area contributed by atoms with Gasteiger partial charge in [-0.2, -0.15) is 0 Å². The van der Waals surface area contributed by atoms with Gasteiger partial charge in [0.25, 0.3) is 0 Å². The molecule has 0 fully saturated rings. The number of benzene rings is 3. The van der Waals surface area contributed by atoms with Crippen LogP contribution in [0.25, 0.3) is 5.57 Å². The molecule has 0 aliphatic rings. The quantitative estimate of drug-likeness (QED) is 0.392. The van der Waals surface area contributed by atoms with E-state index in [-0.39, 0.29) is 12.4 Å². The molecule has 0 atom stereocenters. The van der Waals surface area contributed by atoms with Crippen LogP contribution in [0.1, 0.15) is 11.1 Å². The van der Waals surface area contributed by atoms with E-state index in [0.29, 0.717) is 11.5 Å². The zero-order chi connectivity index (χ0) is 20.6. The number of carboxylic acids is 1. The molecular weight excluding hydrogens is 455 g/mol. The summed E-state index contributed by atoms with van der Waals surface area (Å²) >= 11 is 5.14. The van der Waals surface area contributed by atoms with Crippen molar-refractivity contribution in [1.82, 2.24) is 0 Å². The Labute approximate surface area is 181 Å². The number of hydrogen-bond acceptors (Lipinski definition) is 3. The van der Waals surface area contributed by atoms with E-state index >= 15 is 0 Å². The summed E-state index contributed by atoms with van der Waals surface area (Å²) in [7, 11) is 0. The summed E-state index contributed by atoms with van der Waals surface area (Å²) in [6.45, 7) is -0.375. The van der Waals surface area contributed by atoms with Crippen LogP contribution in [0.2, 0.25) is 0 Å². The highest BCUT2D eigenvalue weighted by atomic mass is 79.9. The second-order valence-corrected chi connectivity index (χ2v) is 7.99. The minimum Gasteiger partial charge on any atom is -0.482 e. The molecule has 1 N–H and O–H groups in total. The Balaban J connectivity index is 1.76. The number of carboxylic acid groups (broad SMARTS) is 1. The van der Waals surface area contributed by atoms with E-state index in [1.807, 2.05) is 36.4 Å². The van der Waals surface area contributed by atoms with Crippen LogP contribution >= 0.6 is 27.7 Å². The van der Waals surface area contributed by atoms with Gasteiger partial charge in [0.1, 0.15) is 11.6 Å². The summed E-state index contributed by atoms with van der Waals surface area (Å²) in [5.41, 5.74) is 3.06. The first-order chi connectivity index (χ1) is 14.0. The van der Waals surface area contributed by atoms with Crippen LogP contribution in [-0.4, -0.2) is 23.4 Å². The topological polar surface area (TPSA) is 46.5 Å². The van der Waals surface area contributed by atoms with E-state index in [9.17, 15) is 9.18 Å². The second kappa shape index (κ2) is 10.3. The first-order valence-corrected chi connectivity index (χ1v) is 10.6. The van der Waals surface area contributed by atoms with Crippen LogP contribution in [0.4, 0.5) is 4.39 Å². The van der Waals surface area contributed by atoms with Crippen molar-refractivity contribution in [2.75, 3.05) is 12.4 Å². The summed E-state index contributed by atoms with van der Waals surface area (Å²) in [5, 5.41) is 8.70. The summed E-state index contributed by atoms with van der Waals surface area (Å²) in [6.07, 6.45) is 2.12. The normalized spacial score (nSPS) is 11.3. The number of aliphatic carboxylic acids is 1. The zero-order valence-electron chi connectivity index (χ0n) is 15.3. The molecule has 0 spiro atoms. The molecule has 0 heterocycles. The summed E-state index contributed by atoms with van der Waals surface area (Å²) < 4.78 is 19.4. The maximum absolute atomic E-state index is 13.3. The number of ether oxygens (including phenoxy) is 1. The van der Waals surface area contributed by atoms with Crippen LogP contribution < -0.4 is 4.74 Å². The molecule has 148 valence electrons. The Hall–Kier alpha value is -2.57. The van der Waals surface area contributed by atoms with Gasteiger partial charge >= 0.3 is 5.97 Å². The van der Waals surface area contributed by atoms with Crippen molar-refractivity contribution in [1.29, 1.82) is 0 Å². The van der Waals surface area contributed by atoms with Gasteiger partial charge in [0.05, 0.1) is 0 Å². The lowest BCUT2D eigenvalue weighted by atomic mass is 9.98. The van der Waals surface area contributed by atoms with E-state index in [2.05, 4.69) is 22.0 Å². The Morgan fingerprint density at radius 1 is 1.03 bits per heavy atom. The molecule has 0 saturated heterocycles. The second-order valence-electron chi connectivity index (χ2n) is 6.08. The molecule has 0 aliphatic carbocycles. The van der Waals surface area contributed by atoms with Crippen molar-refractivity contribution in [2.45, 2.75) is 4.90 Å². The predicted octanol–water partition coefficient (Wildman–Crippen LogP) is 6.28. The van der Waals surface area contributed by atoms with Crippen molar-refractivity contribution in [2.24, 2.45) is 0 Å². The fourth-order valence-electron chi connectivity index (χ4n) is 2.70. The van der Waals surface area contributed by atoms with E-state index in [0.717, 1.165) is 26.1 Å². The van der Waals surface area contributed by atoms with Gasteiger partial charge in [0.2, 0.25) is 0 Å². The van der Waals surface area contributed by atoms with Crippen molar-refractivity contribution >= 4 is 39.2 Å². The van der Waals surface area contributed by atoms with Crippen LogP contribution in [0.3, 0.4) is 0 Å². The monoisotopic (exact) mass is 472 g/mol. The third-order valence-electron chi connectivity index (χ3n) is 4.03. The lowest BCUT2D eigenvalue weighted by Crippen LogP contribution is -2.09. The largest absolute Gasteiger partial charge is 0.482 e. The molecule has 6 heteroatoms. The molecule has 0 bridgehead atoms. The molecule has 0 aliphatic heterocycles. The molecule has 3 rings (SSSR count). The zero-order valence-corrected chi connectivity index (χ0v) is 17.8. The van der Waals surface area contributed by atoms with E-state index in [1.165, 1.54) is 12.1 Å². The molecular formula is C23H18BrFO3S. The van der Waals surface area contributed by atoms with Gasteiger partial charge in [-0.05, 0) is 63.0 Å². The van der Waals surface area contributed by atoms with Gasteiger partial charge in [0, 0.05) is 15.1 Å². The molecule has 0 amide bonds. The van der Waals surface area contributed by atoms with Crippen LogP contribution in [-0.2, 0) is 4.79 Å². The number of carbonyl (C=O) groups is 1. The maximum atomic E-state index is 13.3. The van der Waals surface area contributed by atoms with Crippen molar-refractivity contribution in [3.8, 4) is 5.75 Å². The van der Waals surface area contributed by atoms with Gasteiger partial charge in [-0.3, -0.25) is 0 Å². The number of rotatable bonds is 8. The predicted molar refractivity (Wildman–Crippen MR) is 118 cm³/mol. The first-order valence-electron chi connectivity index (χ1n) is 8.81. The van der Waals surface area contributed by atoms with Crippen LogP contribution in [0.5, 0.6) is 5.75 Å². The van der Waals surface area contributed by atoms with Crippen LogP contribution in [0, 0.1) is 5.82 Å². The molecule has 0 saturated carbocycles. The Morgan fingerprint density at radius 3 is 2.38 bits per heavy atom. The fraction of sp³-hybridized carbons (Fsp3) is 0.0870. The number of thioether (sulfide) groups is 1. The Morgan fingerprint density at radius 2 is 1.72 bits per heavy atom. The van der Waals surface area contributed by atoms with Gasteiger partial charge in [-0.25, -0.2) is 9.18 Å². The summed E-state index contributed by atoms with van der Waals surface area (Å²) in [6, 6.07) is 21.9. The van der Waals surface area contributed by atoms with Crippen molar-refractivity contribution in [3.05, 3.63) is 100 Å². The highest BCUT2D eigenvalue weighted by Gasteiger charge is 2.07. The van der Waals surface area contributed by atoms with Crippen LogP contribution in [0.15, 0.2) is 88.2 Å². The molecule has 29 heavy (non-hydrogen) atoms. The van der Waals surface area contributed by atoms with Crippen molar-refractivity contribution < 1.29 is 19.0 Å². The minimum absolute atomic E-state index is 0.260. The molecule has 0 unspecified atom stereocenters. The summed E-state index contributed by atoms with van der Waals surface area (Å²) in [4.78, 5) is 11.6. The standard InChI is InChI=1S/C23H18BrFO3S/c24-21-14-19(28-15-23(26)27)10-11-22(21)29-13-12-20(16-4-2-1-3-5-16)17-6-8-18(25)9-7-17/h1-12,14H,13,15H2,(H,26,27)/b20-12-. The lowest BCUT2D eigenvalue weighted by Gasteiger charge is -2.10. The van der Waals surface area contributed by atoms with Gasteiger partial charge < -0.3 is 9.84 Å². The minimum atomic E-state index is -1.01. The Bertz CT molecular complexity index is 1000. The third kappa shape index (κ3) is 6.21. The van der Waals surface area contributed by atoms with Crippen molar-refractivity contribution in [3.63, 3.8) is 0 Å². The van der Waals surface area contributed by atoms with Gasteiger partial charge in [-0.15, -0.1) is 11.8 Å². The lowest BCUT2D eigenvalue weighted by molar-refractivity contribution is -0.139. The Kier molecular flexibility index (Phi) is 7.49. The molecule has 3 aromatic rings. The third-order valence-corrected chi connectivity index (χ3v) is 5.95. The first kappa shape index (κ1) is 21.1. The SMILES string of the molecule is O=C(O)COc1ccc(SC/C=C(/c2ccccc2)c2ccc(F)cc2)c(Br)c1.